The van der Waals surface area contributed by atoms with E-state index in [1.165, 1.54) is 116 Å². The van der Waals surface area contributed by atoms with E-state index in [0.29, 0.717) is 18.8 Å². The minimum Gasteiger partial charge on any atom is -0.396 e. The first kappa shape index (κ1) is 23.0. The van der Waals surface area contributed by atoms with Crippen LogP contribution in [0, 0.1) is 0 Å². The maximum absolute atomic E-state index is 8.69. The zero-order valence-corrected chi connectivity index (χ0v) is 17.2. The first-order valence-corrected chi connectivity index (χ1v) is 11.6. The van der Waals surface area contributed by atoms with E-state index >= 15 is 0 Å². The van der Waals surface area contributed by atoms with Crippen molar-refractivity contribution in [3.05, 3.63) is 0 Å². The molecule has 150 valence electrons. The molecule has 25 heavy (non-hydrogen) atoms. The highest BCUT2D eigenvalue weighted by atomic mass is 16.6. The van der Waals surface area contributed by atoms with Crippen molar-refractivity contribution in [2.45, 2.75) is 141 Å². The summed E-state index contributed by atoms with van der Waals surface area (Å²) < 4.78 is 5.76. The molecule has 0 amide bonds. The molecule has 2 heteroatoms. The van der Waals surface area contributed by atoms with Gasteiger partial charge in [0.2, 0.25) is 0 Å². The zero-order valence-electron chi connectivity index (χ0n) is 17.2. The van der Waals surface area contributed by atoms with Crippen molar-refractivity contribution in [1.29, 1.82) is 0 Å². The largest absolute Gasteiger partial charge is 0.396 e. The Morgan fingerprint density at radius 2 is 1.00 bits per heavy atom. The van der Waals surface area contributed by atoms with Crippen LogP contribution >= 0.6 is 0 Å². The monoisotopic (exact) mass is 354 g/mol. The summed E-state index contributed by atoms with van der Waals surface area (Å²) in [5.74, 6) is 0. The van der Waals surface area contributed by atoms with Crippen molar-refractivity contribution >= 4 is 0 Å². The topological polar surface area (TPSA) is 32.8 Å². The Morgan fingerprint density at radius 1 is 0.600 bits per heavy atom. The first-order chi connectivity index (χ1) is 12.4. The Balaban J connectivity index is 0.000000531. The maximum atomic E-state index is 8.69. The fourth-order valence-electron chi connectivity index (χ4n) is 3.86. The summed E-state index contributed by atoms with van der Waals surface area (Å²) in [7, 11) is 0. The minimum atomic E-state index is 0.357. The number of aliphatic hydroxyl groups excluding tert-OH is 1. The van der Waals surface area contributed by atoms with Crippen molar-refractivity contribution in [2.75, 3.05) is 6.61 Å². The van der Waals surface area contributed by atoms with Gasteiger partial charge in [-0.2, -0.15) is 0 Å². The smallest absolute Gasteiger partial charge is 0.0841 e. The van der Waals surface area contributed by atoms with E-state index in [9.17, 15) is 0 Å². The molecule has 0 bridgehead atoms. The molecule has 1 aliphatic heterocycles. The summed E-state index contributed by atoms with van der Waals surface area (Å²) in [6.07, 6.45) is 27.1. The Bertz CT molecular complexity index is 255. The Kier molecular flexibility index (Phi) is 15.9. The van der Waals surface area contributed by atoms with Gasteiger partial charge >= 0.3 is 0 Å². The standard InChI is InChI=1S/C18H36O2.C5H10/c1-2-3-4-5-8-11-14-17-18(20-17)15-12-9-6-7-10-13-16-19;1-2-4-5-3-1/h17-19H,2-16H2,1H3;1-5H2/t17?,18-;/m0./s1. The van der Waals surface area contributed by atoms with Crippen LogP contribution in [0.2, 0.25) is 0 Å². The van der Waals surface area contributed by atoms with Crippen LogP contribution in [0.5, 0.6) is 0 Å². The van der Waals surface area contributed by atoms with E-state index in [1.54, 1.807) is 0 Å². The molecule has 0 aromatic rings. The van der Waals surface area contributed by atoms with Gasteiger partial charge < -0.3 is 9.84 Å². The van der Waals surface area contributed by atoms with Gasteiger partial charge in [0.1, 0.15) is 0 Å². The van der Waals surface area contributed by atoms with Crippen LogP contribution in [0.4, 0.5) is 0 Å². The summed E-state index contributed by atoms with van der Waals surface area (Å²) in [6, 6.07) is 0. The van der Waals surface area contributed by atoms with Gasteiger partial charge in [0, 0.05) is 6.61 Å². The summed E-state index contributed by atoms with van der Waals surface area (Å²) >= 11 is 0. The van der Waals surface area contributed by atoms with Crippen molar-refractivity contribution in [3.63, 3.8) is 0 Å². The highest BCUT2D eigenvalue weighted by Crippen LogP contribution is 2.31. The van der Waals surface area contributed by atoms with Crippen molar-refractivity contribution < 1.29 is 9.84 Å². The molecule has 2 nitrogen and oxygen atoms in total. The van der Waals surface area contributed by atoms with Crippen LogP contribution in [0.1, 0.15) is 129 Å². The fourth-order valence-corrected chi connectivity index (χ4v) is 3.86. The molecular weight excluding hydrogens is 308 g/mol. The third kappa shape index (κ3) is 14.7. The summed E-state index contributed by atoms with van der Waals surface area (Å²) in [6.45, 7) is 2.63. The fraction of sp³-hybridized carbons (Fsp3) is 1.00. The van der Waals surface area contributed by atoms with E-state index < -0.39 is 0 Å². The van der Waals surface area contributed by atoms with Gasteiger partial charge in [0.25, 0.3) is 0 Å². The highest BCUT2D eigenvalue weighted by Gasteiger charge is 2.36. The molecule has 1 unspecified atom stereocenters. The van der Waals surface area contributed by atoms with Gasteiger partial charge in [-0.1, -0.05) is 110 Å². The second-order valence-electron chi connectivity index (χ2n) is 8.17. The molecule has 0 aromatic carbocycles. The average molecular weight is 355 g/mol. The second-order valence-corrected chi connectivity index (χ2v) is 8.17. The lowest BCUT2D eigenvalue weighted by Gasteiger charge is -2.00. The Morgan fingerprint density at radius 3 is 1.44 bits per heavy atom. The molecule has 2 atom stereocenters. The van der Waals surface area contributed by atoms with E-state index in [-0.39, 0.29) is 0 Å². The van der Waals surface area contributed by atoms with Gasteiger partial charge in [-0.05, 0) is 19.3 Å². The molecule has 2 aliphatic rings. The van der Waals surface area contributed by atoms with Crippen molar-refractivity contribution in [3.8, 4) is 0 Å². The molecule has 2 rings (SSSR count). The van der Waals surface area contributed by atoms with Gasteiger partial charge in [0.05, 0.1) is 12.2 Å². The molecule has 0 spiro atoms. The van der Waals surface area contributed by atoms with E-state index in [1.807, 2.05) is 0 Å². The van der Waals surface area contributed by atoms with Crippen molar-refractivity contribution in [2.24, 2.45) is 0 Å². The van der Waals surface area contributed by atoms with Crippen LogP contribution in [-0.4, -0.2) is 23.9 Å². The summed E-state index contributed by atoms with van der Waals surface area (Å²) in [4.78, 5) is 0. The number of epoxide rings is 1. The van der Waals surface area contributed by atoms with Crippen LogP contribution < -0.4 is 0 Å². The van der Waals surface area contributed by atoms with E-state index in [4.69, 9.17) is 9.84 Å². The van der Waals surface area contributed by atoms with Gasteiger partial charge in [-0.3, -0.25) is 0 Å². The normalized spacial score (nSPS) is 21.8. The van der Waals surface area contributed by atoms with Crippen LogP contribution in [0.25, 0.3) is 0 Å². The van der Waals surface area contributed by atoms with Gasteiger partial charge in [0.15, 0.2) is 0 Å². The first-order valence-electron chi connectivity index (χ1n) is 11.6. The molecule has 1 N–H and O–H groups in total. The summed E-state index contributed by atoms with van der Waals surface area (Å²) in [5, 5.41) is 8.69. The quantitative estimate of drug-likeness (QED) is 0.249. The number of unbranched alkanes of at least 4 members (excludes halogenated alkanes) is 10. The number of hydrogen-bond acceptors (Lipinski definition) is 2. The maximum Gasteiger partial charge on any atom is 0.0841 e. The molecule has 0 radical (unpaired) electrons. The molecule has 1 aliphatic carbocycles. The lowest BCUT2D eigenvalue weighted by atomic mass is 10.0. The highest BCUT2D eigenvalue weighted by molar-refractivity contribution is 4.84. The molecule has 2 fully saturated rings. The number of ether oxygens (including phenoxy) is 1. The van der Waals surface area contributed by atoms with Crippen LogP contribution in [0.3, 0.4) is 0 Å². The number of hydrogen-bond donors (Lipinski definition) is 1. The third-order valence-electron chi connectivity index (χ3n) is 5.68. The SMILES string of the molecule is C1CCCC1.CCCCCCCCC1O[C@H]1CCCCCCCCO. The Labute approximate surface area is 158 Å². The number of rotatable bonds is 15. The predicted octanol–water partition coefficient (Wildman–Crippen LogP) is 7.18. The molecular formula is C23H46O2. The van der Waals surface area contributed by atoms with Crippen LogP contribution in [-0.2, 0) is 4.74 Å². The number of aliphatic hydroxyl groups is 1. The van der Waals surface area contributed by atoms with Gasteiger partial charge in [-0.25, -0.2) is 0 Å². The van der Waals surface area contributed by atoms with E-state index in [2.05, 4.69) is 6.92 Å². The predicted molar refractivity (Wildman–Crippen MR) is 109 cm³/mol. The lowest BCUT2D eigenvalue weighted by Crippen LogP contribution is -1.95. The Hall–Kier alpha value is -0.0800. The second kappa shape index (κ2) is 17.3. The summed E-state index contributed by atoms with van der Waals surface area (Å²) in [5.41, 5.74) is 0. The third-order valence-corrected chi connectivity index (χ3v) is 5.68. The average Bonchev–Trinajstić information content (AvgIpc) is 3.10. The molecule has 0 aromatic heterocycles. The molecule has 1 saturated carbocycles. The van der Waals surface area contributed by atoms with Crippen molar-refractivity contribution in [1.82, 2.24) is 0 Å². The molecule has 1 saturated heterocycles. The lowest BCUT2D eigenvalue weighted by molar-refractivity contribution is 0.282. The van der Waals surface area contributed by atoms with Gasteiger partial charge in [-0.15, -0.1) is 0 Å². The molecule has 1 heterocycles. The zero-order chi connectivity index (χ0) is 18.0. The minimum absolute atomic E-state index is 0.357. The van der Waals surface area contributed by atoms with Crippen LogP contribution in [0.15, 0.2) is 0 Å². The van der Waals surface area contributed by atoms with E-state index in [0.717, 1.165) is 6.42 Å².